The Labute approximate surface area is 134 Å². The number of rotatable bonds is 4. The standard InChI is InChI=1S/C17H11F3O4/c18-17(19,20)11-5-6-14(23-9-16(21)22)12(8-11)15-7-10-3-1-2-4-13(10)24-15/h1-8H,9H2,(H,21,22). The molecule has 1 heterocycles. The number of hydrogen-bond acceptors (Lipinski definition) is 3. The van der Waals surface area contributed by atoms with Crippen molar-refractivity contribution in [3.63, 3.8) is 0 Å². The summed E-state index contributed by atoms with van der Waals surface area (Å²) in [5.41, 5.74) is -0.322. The predicted octanol–water partition coefficient (Wildman–Crippen LogP) is 4.58. The van der Waals surface area contributed by atoms with Crippen LogP contribution in [0.5, 0.6) is 5.75 Å². The fourth-order valence-corrected chi connectivity index (χ4v) is 2.28. The number of carboxylic acid groups (broad SMARTS) is 1. The first-order valence-electron chi connectivity index (χ1n) is 6.89. The lowest BCUT2D eigenvalue weighted by atomic mass is 10.1. The van der Waals surface area contributed by atoms with Gasteiger partial charge in [0.1, 0.15) is 17.1 Å². The summed E-state index contributed by atoms with van der Waals surface area (Å²) < 4.78 is 49.6. The van der Waals surface area contributed by atoms with Crippen LogP contribution in [-0.2, 0) is 11.0 Å². The second-order valence-electron chi connectivity index (χ2n) is 5.04. The van der Waals surface area contributed by atoms with E-state index in [1.54, 1.807) is 30.3 Å². The summed E-state index contributed by atoms with van der Waals surface area (Å²) in [7, 11) is 0. The van der Waals surface area contributed by atoms with Gasteiger partial charge >= 0.3 is 12.1 Å². The molecule has 24 heavy (non-hydrogen) atoms. The highest BCUT2D eigenvalue weighted by atomic mass is 19.4. The molecule has 0 saturated heterocycles. The zero-order valence-electron chi connectivity index (χ0n) is 12.1. The van der Waals surface area contributed by atoms with Gasteiger partial charge in [0.05, 0.1) is 11.1 Å². The van der Waals surface area contributed by atoms with E-state index in [1.165, 1.54) is 0 Å². The number of halogens is 3. The Kier molecular flexibility index (Phi) is 3.92. The normalized spacial score (nSPS) is 11.6. The molecule has 0 aliphatic rings. The molecule has 124 valence electrons. The number of carbonyl (C=O) groups is 1. The average Bonchev–Trinajstić information content (AvgIpc) is 2.95. The molecular weight excluding hydrogens is 325 g/mol. The molecule has 0 bridgehead atoms. The second kappa shape index (κ2) is 5.92. The van der Waals surface area contributed by atoms with Gasteiger partial charge in [0.2, 0.25) is 0 Å². The quantitative estimate of drug-likeness (QED) is 0.757. The fraction of sp³-hybridized carbons (Fsp3) is 0.118. The van der Waals surface area contributed by atoms with Gasteiger partial charge in [0.15, 0.2) is 6.61 Å². The van der Waals surface area contributed by atoms with Crippen molar-refractivity contribution >= 4 is 16.9 Å². The fourth-order valence-electron chi connectivity index (χ4n) is 2.28. The maximum absolute atomic E-state index is 13.0. The van der Waals surface area contributed by atoms with Gasteiger partial charge in [-0.05, 0) is 30.3 Å². The van der Waals surface area contributed by atoms with Crippen molar-refractivity contribution in [2.45, 2.75) is 6.18 Å². The summed E-state index contributed by atoms with van der Waals surface area (Å²) in [5.74, 6) is -1.06. The van der Waals surface area contributed by atoms with Crippen LogP contribution >= 0.6 is 0 Å². The van der Waals surface area contributed by atoms with E-state index in [0.717, 1.165) is 18.2 Å². The van der Waals surface area contributed by atoms with Crippen molar-refractivity contribution in [3.05, 3.63) is 54.1 Å². The minimum absolute atomic E-state index is 0.00413. The van der Waals surface area contributed by atoms with Crippen molar-refractivity contribution < 1.29 is 32.2 Å². The number of aliphatic carboxylic acids is 1. The summed E-state index contributed by atoms with van der Waals surface area (Å²) in [6, 6.07) is 11.3. The van der Waals surface area contributed by atoms with E-state index < -0.39 is 24.3 Å². The predicted molar refractivity (Wildman–Crippen MR) is 79.8 cm³/mol. The van der Waals surface area contributed by atoms with Crippen LogP contribution in [0.15, 0.2) is 52.9 Å². The molecule has 2 aromatic carbocycles. The molecule has 3 aromatic rings. The first kappa shape index (κ1) is 15.9. The SMILES string of the molecule is O=C(O)COc1ccc(C(F)(F)F)cc1-c1cc2ccccc2o1. The molecule has 7 heteroatoms. The highest BCUT2D eigenvalue weighted by Gasteiger charge is 2.31. The molecule has 0 aliphatic heterocycles. The van der Waals surface area contributed by atoms with Gasteiger partial charge in [0, 0.05) is 5.39 Å². The number of para-hydroxylation sites is 1. The van der Waals surface area contributed by atoms with Crippen LogP contribution in [0.3, 0.4) is 0 Å². The van der Waals surface area contributed by atoms with Crippen molar-refractivity contribution in [1.82, 2.24) is 0 Å². The average molecular weight is 336 g/mol. The highest BCUT2D eigenvalue weighted by molar-refractivity contribution is 5.84. The van der Waals surface area contributed by atoms with Gasteiger partial charge < -0.3 is 14.3 Å². The lowest BCUT2D eigenvalue weighted by Crippen LogP contribution is -2.11. The van der Waals surface area contributed by atoms with E-state index in [0.29, 0.717) is 11.0 Å². The number of hydrogen-bond donors (Lipinski definition) is 1. The van der Waals surface area contributed by atoms with Gasteiger partial charge in [0.25, 0.3) is 0 Å². The van der Waals surface area contributed by atoms with E-state index in [9.17, 15) is 18.0 Å². The van der Waals surface area contributed by atoms with Gasteiger partial charge in [-0.25, -0.2) is 4.79 Å². The summed E-state index contributed by atoms with van der Waals surface area (Å²) in [4.78, 5) is 10.7. The maximum atomic E-state index is 13.0. The summed E-state index contributed by atoms with van der Waals surface area (Å²) in [6.45, 7) is -0.668. The van der Waals surface area contributed by atoms with Crippen molar-refractivity contribution in [2.75, 3.05) is 6.61 Å². The summed E-state index contributed by atoms with van der Waals surface area (Å²) >= 11 is 0. The van der Waals surface area contributed by atoms with Gasteiger partial charge in [-0.2, -0.15) is 13.2 Å². The molecular formula is C17H11F3O4. The molecule has 0 radical (unpaired) electrons. The second-order valence-corrected chi connectivity index (χ2v) is 5.04. The molecule has 0 amide bonds. The first-order chi connectivity index (χ1) is 11.3. The van der Waals surface area contributed by atoms with Crippen LogP contribution in [0.25, 0.3) is 22.3 Å². The highest BCUT2D eigenvalue weighted by Crippen LogP contribution is 2.39. The molecule has 3 rings (SSSR count). The number of benzene rings is 2. The Hall–Kier alpha value is -2.96. The third-order valence-electron chi connectivity index (χ3n) is 3.35. The van der Waals surface area contributed by atoms with Crippen molar-refractivity contribution in [1.29, 1.82) is 0 Å². The topological polar surface area (TPSA) is 59.7 Å². The first-order valence-corrected chi connectivity index (χ1v) is 6.89. The van der Waals surface area contributed by atoms with Crippen molar-refractivity contribution in [3.8, 4) is 17.1 Å². The third-order valence-corrected chi connectivity index (χ3v) is 3.35. The Morgan fingerprint density at radius 3 is 2.54 bits per heavy atom. The number of furan rings is 1. The number of ether oxygens (including phenoxy) is 1. The van der Waals surface area contributed by atoms with Crippen LogP contribution in [-0.4, -0.2) is 17.7 Å². The van der Waals surface area contributed by atoms with Gasteiger partial charge in [-0.15, -0.1) is 0 Å². The largest absolute Gasteiger partial charge is 0.481 e. The third kappa shape index (κ3) is 3.19. The number of carboxylic acids is 1. The Morgan fingerprint density at radius 1 is 1.12 bits per heavy atom. The maximum Gasteiger partial charge on any atom is 0.416 e. The lowest BCUT2D eigenvalue weighted by molar-refractivity contribution is -0.140. The molecule has 0 aliphatic carbocycles. The van der Waals surface area contributed by atoms with Crippen LogP contribution in [0, 0.1) is 0 Å². The Balaban J connectivity index is 2.12. The zero-order valence-corrected chi connectivity index (χ0v) is 12.1. The molecule has 0 unspecified atom stereocenters. The van der Waals surface area contributed by atoms with Crippen LogP contribution < -0.4 is 4.74 Å². The molecule has 0 saturated carbocycles. The minimum atomic E-state index is -4.54. The van der Waals surface area contributed by atoms with Crippen LogP contribution in [0.1, 0.15) is 5.56 Å². The molecule has 0 spiro atoms. The molecule has 1 N–H and O–H groups in total. The Bertz CT molecular complexity index is 863. The zero-order chi connectivity index (χ0) is 17.3. The van der Waals surface area contributed by atoms with E-state index >= 15 is 0 Å². The summed E-state index contributed by atoms with van der Waals surface area (Å²) in [6.07, 6.45) is -4.54. The lowest BCUT2D eigenvalue weighted by Gasteiger charge is -2.12. The van der Waals surface area contributed by atoms with Crippen LogP contribution in [0.2, 0.25) is 0 Å². The van der Waals surface area contributed by atoms with Crippen molar-refractivity contribution in [2.24, 2.45) is 0 Å². The van der Waals surface area contributed by atoms with Gasteiger partial charge in [-0.3, -0.25) is 0 Å². The minimum Gasteiger partial charge on any atom is -0.481 e. The number of fused-ring (bicyclic) bond motifs is 1. The number of alkyl halides is 3. The monoisotopic (exact) mass is 336 g/mol. The van der Waals surface area contributed by atoms with Gasteiger partial charge in [-0.1, -0.05) is 18.2 Å². The van der Waals surface area contributed by atoms with E-state index in [2.05, 4.69) is 0 Å². The molecule has 1 aromatic heterocycles. The van der Waals surface area contributed by atoms with E-state index in [4.69, 9.17) is 14.3 Å². The molecule has 0 fully saturated rings. The van der Waals surface area contributed by atoms with E-state index in [-0.39, 0.29) is 17.1 Å². The molecule has 4 nitrogen and oxygen atoms in total. The molecule has 0 atom stereocenters. The smallest absolute Gasteiger partial charge is 0.416 e. The summed E-state index contributed by atoms with van der Waals surface area (Å²) in [5, 5.41) is 9.42. The van der Waals surface area contributed by atoms with Crippen LogP contribution in [0.4, 0.5) is 13.2 Å². The van der Waals surface area contributed by atoms with E-state index in [1.807, 2.05) is 0 Å². The Morgan fingerprint density at radius 2 is 1.88 bits per heavy atom.